The molecule has 0 unspecified atom stereocenters. The van der Waals surface area contributed by atoms with Crippen molar-refractivity contribution in [2.75, 3.05) is 7.11 Å². The summed E-state index contributed by atoms with van der Waals surface area (Å²) in [5, 5.41) is 9.78. The molecular weight excluding hydrogens is 272 g/mol. The molecule has 0 spiro atoms. The van der Waals surface area contributed by atoms with E-state index in [1.54, 1.807) is 6.07 Å². The number of ether oxygens (including phenoxy) is 1. The molecule has 1 aliphatic rings. The number of ketones is 1. The predicted octanol–water partition coefficient (Wildman–Crippen LogP) is 3.15. The first kappa shape index (κ1) is 11.5. The Morgan fingerprint density at radius 1 is 1.56 bits per heavy atom. The molecule has 1 aromatic rings. The van der Waals surface area contributed by atoms with Gasteiger partial charge in [0, 0.05) is 10.9 Å². The molecule has 0 bridgehead atoms. The molecule has 1 saturated carbocycles. The number of Topliss-reactive ketones (excluding diaryl/α,β-unsaturated/α-hetero) is 1. The Hall–Kier alpha value is -1.03. The molecule has 0 radical (unpaired) electrons. The number of phenolic OH excluding ortho intramolecular Hbond substituents is 1. The van der Waals surface area contributed by atoms with Crippen molar-refractivity contribution in [3.63, 3.8) is 0 Å². The molecule has 2 rings (SSSR count). The van der Waals surface area contributed by atoms with Crippen LogP contribution in [-0.2, 0) is 0 Å². The van der Waals surface area contributed by atoms with E-state index in [9.17, 15) is 9.90 Å². The van der Waals surface area contributed by atoms with Gasteiger partial charge < -0.3 is 9.84 Å². The SMILES string of the molecule is COc1cc(Br)cc(O)c1C(=O)CC1CC1. The third kappa shape index (κ3) is 2.38. The van der Waals surface area contributed by atoms with Crippen LogP contribution in [0.5, 0.6) is 11.5 Å². The van der Waals surface area contributed by atoms with Gasteiger partial charge in [-0.15, -0.1) is 0 Å². The minimum atomic E-state index is -0.0376. The van der Waals surface area contributed by atoms with Crippen molar-refractivity contribution in [3.8, 4) is 11.5 Å². The second-order valence-electron chi connectivity index (χ2n) is 4.07. The Morgan fingerprint density at radius 2 is 2.25 bits per heavy atom. The highest BCUT2D eigenvalue weighted by Crippen LogP contribution is 2.38. The third-order valence-electron chi connectivity index (χ3n) is 2.72. The molecule has 0 atom stereocenters. The lowest BCUT2D eigenvalue weighted by atomic mass is 10.0. The number of rotatable bonds is 4. The fourth-order valence-electron chi connectivity index (χ4n) is 1.70. The van der Waals surface area contributed by atoms with Gasteiger partial charge in [0.25, 0.3) is 0 Å². The molecular formula is C12H13BrO3. The van der Waals surface area contributed by atoms with Crippen molar-refractivity contribution in [2.24, 2.45) is 5.92 Å². The molecule has 1 aromatic carbocycles. The van der Waals surface area contributed by atoms with Crippen LogP contribution in [0.4, 0.5) is 0 Å². The van der Waals surface area contributed by atoms with Crippen molar-refractivity contribution in [1.29, 1.82) is 0 Å². The fraction of sp³-hybridized carbons (Fsp3) is 0.417. The highest BCUT2D eigenvalue weighted by molar-refractivity contribution is 9.10. The molecule has 86 valence electrons. The summed E-state index contributed by atoms with van der Waals surface area (Å²) in [6.45, 7) is 0. The molecule has 1 fully saturated rings. The van der Waals surface area contributed by atoms with Crippen LogP contribution >= 0.6 is 15.9 Å². The van der Waals surface area contributed by atoms with Crippen LogP contribution in [-0.4, -0.2) is 18.0 Å². The number of hydrogen-bond acceptors (Lipinski definition) is 3. The topological polar surface area (TPSA) is 46.5 Å². The molecule has 0 saturated heterocycles. The zero-order valence-electron chi connectivity index (χ0n) is 9.00. The second-order valence-corrected chi connectivity index (χ2v) is 4.99. The van der Waals surface area contributed by atoms with Crippen LogP contribution in [0.1, 0.15) is 29.6 Å². The van der Waals surface area contributed by atoms with Gasteiger partial charge >= 0.3 is 0 Å². The molecule has 0 aromatic heterocycles. The maximum Gasteiger partial charge on any atom is 0.170 e. The lowest BCUT2D eigenvalue weighted by Crippen LogP contribution is -2.03. The molecule has 0 aliphatic heterocycles. The number of aromatic hydroxyl groups is 1. The van der Waals surface area contributed by atoms with Gasteiger partial charge in [-0.2, -0.15) is 0 Å². The maximum atomic E-state index is 12.0. The second kappa shape index (κ2) is 4.45. The molecule has 3 nitrogen and oxygen atoms in total. The Bertz CT molecular complexity index is 425. The maximum absolute atomic E-state index is 12.0. The molecule has 16 heavy (non-hydrogen) atoms. The number of carbonyl (C=O) groups is 1. The molecule has 1 N–H and O–H groups in total. The van der Waals surface area contributed by atoms with Crippen molar-refractivity contribution in [1.82, 2.24) is 0 Å². The van der Waals surface area contributed by atoms with E-state index in [2.05, 4.69) is 15.9 Å². The van der Waals surface area contributed by atoms with Crippen LogP contribution in [0.2, 0.25) is 0 Å². The van der Waals surface area contributed by atoms with Crippen molar-refractivity contribution in [2.45, 2.75) is 19.3 Å². The van der Waals surface area contributed by atoms with Crippen LogP contribution in [0, 0.1) is 5.92 Å². The lowest BCUT2D eigenvalue weighted by Gasteiger charge is -2.10. The van der Waals surface area contributed by atoms with Gasteiger partial charge in [-0.1, -0.05) is 15.9 Å². The van der Waals surface area contributed by atoms with Crippen molar-refractivity contribution >= 4 is 21.7 Å². The number of carbonyl (C=O) groups excluding carboxylic acids is 1. The zero-order chi connectivity index (χ0) is 11.7. The summed E-state index contributed by atoms with van der Waals surface area (Å²) in [6, 6.07) is 3.21. The molecule has 0 heterocycles. The van der Waals surface area contributed by atoms with Crippen LogP contribution in [0.25, 0.3) is 0 Å². The summed E-state index contributed by atoms with van der Waals surface area (Å²) < 4.78 is 5.82. The Labute approximate surface area is 103 Å². The molecule has 0 amide bonds. The van der Waals surface area contributed by atoms with E-state index in [0.29, 0.717) is 28.1 Å². The summed E-state index contributed by atoms with van der Waals surface area (Å²) in [5.41, 5.74) is 0.303. The first-order valence-corrected chi connectivity index (χ1v) is 6.01. The van der Waals surface area contributed by atoms with E-state index in [-0.39, 0.29) is 11.5 Å². The smallest absolute Gasteiger partial charge is 0.170 e. The summed E-state index contributed by atoms with van der Waals surface area (Å²) in [5.74, 6) is 0.874. The summed E-state index contributed by atoms with van der Waals surface area (Å²) >= 11 is 3.25. The third-order valence-corrected chi connectivity index (χ3v) is 3.17. The van der Waals surface area contributed by atoms with E-state index >= 15 is 0 Å². The number of hydrogen-bond donors (Lipinski definition) is 1. The van der Waals surface area contributed by atoms with E-state index in [1.807, 2.05) is 0 Å². The first-order chi connectivity index (χ1) is 7.61. The quantitative estimate of drug-likeness (QED) is 0.864. The standard InChI is InChI=1S/C12H13BrO3/c1-16-11-6-8(13)5-10(15)12(11)9(14)4-7-2-3-7/h5-7,15H,2-4H2,1H3. The predicted molar refractivity (Wildman–Crippen MR) is 64.0 cm³/mol. The summed E-state index contributed by atoms with van der Waals surface area (Å²) in [6.07, 6.45) is 2.74. The Kier molecular flexibility index (Phi) is 3.19. The lowest BCUT2D eigenvalue weighted by molar-refractivity contribution is 0.0970. The van der Waals surface area contributed by atoms with Gasteiger partial charge in [0.2, 0.25) is 0 Å². The molecule has 1 aliphatic carbocycles. The van der Waals surface area contributed by atoms with Crippen LogP contribution in [0.3, 0.4) is 0 Å². The number of benzene rings is 1. The van der Waals surface area contributed by atoms with Gasteiger partial charge in [0.1, 0.15) is 17.1 Å². The van der Waals surface area contributed by atoms with Crippen LogP contribution < -0.4 is 4.74 Å². The largest absolute Gasteiger partial charge is 0.507 e. The Morgan fingerprint density at radius 3 is 2.81 bits per heavy atom. The fourth-order valence-corrected chi connectivity index (χ4v) is 2.12. The van der Waals surface area contributed by atoms with Gasteiger partial charge in [-0.3, -0.25) is 4.79 Å². The van der Waals surface area contributed by atoms with Gasteiger partial charge in [-0.05, 0) is 30.9 Å². The average Bonchev–Trinajstić information content (AvgIpc) is 2.99. The van der Waals surface area contributed by atoms with E-state index < -0.39 is 0 Å². The van der Waals surface area contributed by atoms with Crippen LogP contribution in [0.15, 0.2) is 16.6 Å². The number of halogens is 1. The average molecular weight is 285 g/mol. The highest BCUT2D eigenvalue weighted by Gasteiger charge is 2.27. The summed E-state index contributed by atoms with van der Waals surface area (Å²) in [7, 11) is 1.50. The zero-order valence-corrected chi connectivity index (χ0v) is 10.6. The van der Waals surface area contributed by atoms with E-state index in [4.69, 9.17) is 4.74 Å². The number of methoxy groups -OCH3 is 1. The van der Waals surface area contributed by atoms with Gasteiger partial charge in [0.05, 0.1) is 7.11 Å². The van der Waals surface area contributed by atoms with Crippen molar-refractivity contribution in [3.05, 3.63) is 22.2 Å². The highest BCUT2D eigenvalue weighted by atomic mass is 79.9. The van der Waals surface area contributed by atoms with Gasteiger partial charge in [0.15, 0.2) is 5.78 Å². The monoisotopic (exact) mass is 284 g/mol. The minimum absolute atomic E-state index is 0.0168. The Balaban J connectivity index is 2.32. The van der Waals surface area contributed by atoms with E-state index in [0.717, 1.165) is 12.8 Å². The normalized spacial score (nSPS) is 14.9. The first-order valence-electron chi connectivity index (χ1n) is 5.21. The number of phenols is 1. The van der Waals surface area contributed by atoms with Crippen molar-refractivity contribution < 1.29 is 14.6 Å². The van der Waals surface area contributed by atoms with Gasteiger partial charge in [-0.25, -0.2) is 0 Å². The van der Waals surface area contributed by atoms with E-state index in [1.165, 1.54) is 13.2 Å². The molecule has 4 heteroatoms. The summed E-state index contributed by atoms with van der Waals surface area (Å²) in [4.78, 5) is 12.0. The minimum Gasteiger partial charge on any atom is -0.507 e.